The lowest BCUT2D eigenvalue weighted by molar-refractivity contribution is -0.126. The first-order valence-electron chi connectivity index (χ1n) is 12.1. The molecule has 0 amide bonds. The molecule has 9 heteroatoms. The van der Waals surface area contributed by atoms with Gasteiger partial charge in [-0.05, 0) is 43.6 Å². The van der Waals surface area contributed by atoms with Crippen LogP contribution in [0.2, 0.25) is 0 Å². The summed E-state index contributed by atoms with van der Waals surface area (Å²) in [5.41, 5.74) is 0.266. The molecule has 5 rings (SSSR count). The first kappa shape index (κ1) is 23.3. The Labute approximate surface area is 197 Å². The Kier molecular flexibility index (Phi) is 6.33. The van der Waals surface area contributed by atoms with Gasteiger partial charge in [0.25, 0.3) is 0 Å². The van der Waals surface area contributed by atoms with E-state index in [9.17, 15) is 13.2 Å². The lowest BCUT2D eigenvalue weighted by Crippen LogP contribution is -2.62. The van der Waals surface area contributed by atoms with Crippen molar-refractivity contribution in [2.45, 2.75) is 58.2 Å². The van der Waals surface area contributed by atoms with E-state index in [4.69, 9.17) is 4.74 Å². The second-order valence-corrected chi connectivity index (χ2v) is 11.8. The molecule has 3 saturated heterocycles. The van der Waals surface area contributed by atoms with Crippen LogP contribution >= 0.6 is 11.3 Å². The molecule has 1 atom stereocenters. The molecule has 2 aromatic rings. The number of rotatable bonds is 6. The number of ether oxygens (including phenoxy) is 1. The molecule has 3 aliphatic rings. The summed E-state index contributed by atoms with van der Waals surface area (Å²) >= 11 is 1.13. The van der Waals surface area contributed by atoms with Gasteiger partial charge in [-0.15, -0.1) is 11.3 Å². The molecule has 3 fully saturated rings. The molecule has 0 saturated carbocycles. The van der Waals surface area contributed by atoms with Crippen LogP contribution in [-0.4, -0.2) is 66.5 Å². The largest absolute Gasteiger partial charge is 0.393 e. The smallest absolute Gasteiger partial charge is 0.381 e. The number of nitrogens with zero attached hydrogens (tertiary/aromatic N) is 4. The van der Waals surface area contributed by atoms with Crippen LogP contribution in [-0.2, 0) is 11.2 Å². The Morgan fingerprint density at radius 2 is 1.94 bits per heavy atom. The van der Waals surface area contributed by atoms with Crippen molar-refractivity contribution < 1.29 is 17.9 Å². The third kappa shape index (κ3) is 5.00. The van der Waals surface area contributed by atoms with E-state index in [1.54, 1.807) is 6.07 Å². The summed E-state index contributed by atoms with van der Waals surface area (Å²) in [4.78, 5) is 14.7. The molecular formula is C24H33F3N4OS. The quantitative estimate of drug-likeness (QED) is 0.570. The maximum atomic E-state index is 12.9. The highest BCUT2D eigenvalue weighted by atomic mass is 32.1. The van der Waals surface area contributed by atoms with Crippen molar-refractivity contribution in [1.29, 1.82) is 0 Å². The fraction of sp³-hybridized carbons (Fsp3) is 0.750. The normalized spacial score (nSPS) is 23.0. The van der Waals surface area contributed by atoms with Crippen molar-refractivity contribution in [3.63, 3.8) is 0 Å². The van der Waals surface area contributed by atoms with Gasteiger partial charge < -0.3 is 9.64 Å². The Morgan fingerprint density at radius 1 is 1.18 bits per heavy atom. The van der Waals surface area contributed by atoms with E-state index in [1.165, 1.54) is 12.7 Å². The number of thiophene rings is 1. The van der Waals surface area contributed by atoms with Gasteiger partial charge in [-0.3, -0.25) is 4.90 Å². The van der Waals surface area contributed by atoms with Crippen LogP contribution in [0.5, 0.6) is 0 Å². The zero-order valence-electron chi connectivity index (χ0n) is 19.4. The highest BCUT2D eigenvalue weighted by molar-refractivity contribution is 7.18. The number of hydrogen-bond donors (Lipinski definition) is 0. The molecule has 0 aliphatic carbocycles. The highest BCUT2D eigenvalue weighted by Gasteiger charge is 2.51. The second kappa shape index (κ2) is 8.96. The minimum atomic E-state index is -4.21. The van der Waals surface area contributed by atoms with Gasteiger partial charge in [0.2, 0.25) is 0 Å². The van der Waals surface area contributed by atoms with E-state index < -0.39 is 12.6 Å². The summed E-state index contributed by atoms with van der Waals surface area (Å²) in [6, 6.07) is 2.27. The van der Waals surface area contributed by atoms with Gasteiger partial charge in [0.15, 0.2) is 0 Å². The summed E-state index contributed by atoms with van der Waals surface area (Å²) in [6.45, 7) is 10.4. The van der Waals surface area contributed by atoms with E-state index in [0.29, 0.717) is 21.7 Å². The van der Waals surface area contributed by atoms with Crippen molar-refractivity contribution in [3.8, 4) is 0 Å². The first-order valence-corrected chi connectivity index (χ1v) is 12.9. The van der Waals surface area contributed by atoms with E-state index in [1.807, 2.05) is 0 Å². The van der Waals surface area contributed by atoms with E-state index in [0.717, 1.165) is 87.1 Å². The zero-order chi connectivity index (χ0) is 23.2. The monoisotopic (exact) mass is 482 g/mol. The van der Waals surface area contributed by atoms with Crippen LogP contribution in [0.1, 0.15) is 44.4 Å². The van der Waals surface area contributed by atoms with Crippen molar-refractivity contribution >= 4 is 27.4 Å². The van der Waals surface area contributed by atoms with E-state index in [-0.39, 0.29) is 5.41 Å². The summed E-state index contributed by atoms with van der Waals surface area (Å²) in [5, 5.41) is 0.759. The zero-order valence-corrected chi connectivity index (χ0v) is 20.2. The predicted molar refractivity (Wildman–Crippen MR) is 125 cm³/mol. The fourth-order valence-electron chi connectivity index (χ4n) is 6.08. The van der Waals surface area contributed by atoms with Crippen LogP contribution < -0.4 is 4.90 Å². The van der Waals surface area contributed by atoms with Crippen LogP contribution in [0, 0.1) is 17.3 Å². The maximum Gasteiger partial charge on any atom is 0.393 e. The van der Waals surface area contributed by atoms with Crippen LogP contribution in [0.15, 0.2) is 12.4 Å². The van der Waals surface area contributed by atoms with Crippen molar-refractivity contribution in [2.24, 2.45) is 17.3 Å². The molecule has 1 spiro atoms. The van der Waals surface area contributed by atoms with Gasteiger partial charge in [-0.1, -0.05) is 13.8 Å². The first-order chi connectivity index (χ1) is 15.7. The molecule has 3 aliphatic heterocycles. The van der Waals surface area contributed by atoms with Gasteiger partial charge in [0.1, 0.15) is 17.0 Å². The molecule has 0 unspecified atom stereocenters. The standard InChI is InChI=1S/C24H33F3N4OS/c1-16(2)9-20(17-3-7-32-8-4-17)31-13-23(14-31)5-6-30(12-23)21-19-10-18(11-24(25,26)27)33-22(19)29-15-28-21/h10,15-17,20H,3-9,11-14H2,1-2H3/t20-/m1/s1. The molecular weight excluding hydrogens is 449 g/mol. The molecule has 0 N–H and O–H groups in total. The number of alkyl halides is 3. The second-order valence-electron chi connectivity index (χ2n) is 10.6. The number of aromatic nitrogens is 2. The number of likely N-dealkylation sites (tertiary alicyclic amines) is 1. The summed E-state index contributed by atoms with van der Waals surface area (Å²) in [7, 11) is 0. The lowest BCUT2D eigenvalue weighted by Gasteiger charge is -2.54. The average molecular weight is 483 g/mol. The number of hydrogen-bond acceptors (Lipinski definition) is 6. The maximum absolute atomic E-state index is 12.9. The third-order valence-electron chi connectivity index (χ3n) is 7.54. The number of halogens is 3. The number of anilines is 1. The van der Waals surface area contributed by atoms with Crippen molar-refractivity contribution in [2.75, 3.05) is 44.3 Å². The van der Waals surface area contributed by atoms with E-state index in [2.05, 4.69) is 33.6 Å². The Morgan fingerprint density at radius 3 is 2.64 bits per heavy atom. The van der Waals surface area contributed by atoms with Gasteiger partial charge in [-0.25, -0.2) is 9.97 Å². The summed E-state index contributed by atoms with van der Waals surface area (Å²) < 4.78 is 44.3. The average Bonchev–Trinajstić information content (AvgIpc) is 3.34. The van der Waals surface area contributed by atoms with Crippen LogP contribution in [0.3, 0.4) is 0 Å². The van der Waals surface area contributed by atoms with Crippen molar-refractivity contribution in [1.82, 2.24) is 14.9 Å². The fourth-order valence-corrected chi connectivity index (χ4v) is 7.10. The predicted octanol–water partition coefficient (Wildman–Crippen LogP) is 5.15. The van der Waals surface area contributed by atoms with Gasteiger partial charge in [0, 0.05) is 55.7 Å². The molecule has 0 radical (unpaired) electrons. The summed E-state index contributed by atoms with van der Waals surface area (Å²) in [6.07, 6.45) is 1.03. The van der Waals surface area contributed by atoms with Crippen LogP contribution in [0.4, 0.5) is 19.0 Å². The molecule has 5 nitrogen and oxygen atoms in total. The molecule has 33 heavy (non-hydrogen) atoms. The van der Waals surface area contributed by atoms with Gasteiger partial charge in [-0.2, -0.15) is 13.2 Å². The van der Waals surface area contributed by atoms with E-state index >= 15 is 0 Å². The Balaban J connectivity index is 1.28. The molecule has 5 heterocycles. The molecule has 2 aromatic heterocycles. The molecule has 0 aromatic carbocycles. The molecule has 182 valence electrons. The minimum Gasteiger partial charge on any atom is -0.381 e. The SMILES string of the molecule is CC(C)C[C@H](C1CCOCC1)N1CC2(CCN(c3ncnc4sc(CC(F)(F)F)cc34)C2)C1. The topological polar surface area (TPSA) is 41.5 Å². The Hall–Kier alpha value is -1.45. The summed E-state index contributed by atoms with van der Waals surface area (Å²) in [5.74, 6) is 2.19. The van der Waals surface area contributed by atoms with Gasteiger partial charge in [0.05, 0.1) is 11.8 Å². The van der Waals surface area contributed by atoms with Crippen LogP contribution in [0.25, 0.3) is 10.2 Å². The highest BCUT2D eigenvalue weighted by Crippen LogP contribution is 2.45. The lowest BCUT2D eigenvalue weighted by atomic mass is 9.74. The Bertz CT molecular complexity index is 966. The minimum absolute atomic E-state index is 0.266. The molecule has 0 bridgehead atoms. The van der Waals surface area contributed by atoms with Crippen molar-refractivity contribution in [3.05, 3.63) is 17.3 Å². The number of fused-ring (bicyclic) bond motifs is 1. The third-order valence-corrected chi connectivity index (χ3v) is 8.58. The van der Waals surface area contributed by atoms with Gasteiger partial charge >= 0.3 is 6.18 Å².